The maximum atomic E-state index is 13.2. The smallest absolute Gasteiger partial charge is 0.421 e. The van der Waals surface area contributed by atoms with E-state index in [1.54, 1.807) is 6.92 Å². The van der Waals surface area contributed by atoms with Gasteiger partial charge in [-0.05, 0) is 19.1 Å². The van der Waals surface area contributed by atoms with Gasteiger partial charge in [-0.25, -0.2) is 17.5 Å². The third-order valence-corrected chi connectivity index (χ3v) is 5.83. The van der Waals surface area contributed by atoms with Gasteiger partial charge in [0.2, 0.25) is 10.0 Å². The molecule has 26 heavy (non-hydrogen) atoms. The molecular weight excluding hydrogens is 375 g/mol. The van der Waals surface area contributed by atoms with Crippen LogP contribution in [0.5, 0.6) is 5.75 Å². The van der Waals surface area contributed by atoms with Crippen molar-refractivity contribution in [2.75, 3.05) is 37.8 Å². The number of anilines is 1. The fourth-order valence-corrected chi connectivity index (χ4v) is 3.80. The van der Waals surface area contributed by atoms with Crippen molar-refractivity contribution in [1.82, 2.24) is 9.62 Å². The Kier molecular flexibility index (Phi) is 6.02. The van der Waals surface area contributed by atoms with Crippen LogP contribution < -0.4 is 15.4 Å². The number of halogens is 3. The Morgan fingerprint density at radius 3 is 2.54 bits per heavy atom. The molecule has 1 aromatic rings. The normalized spacial score (nSPS) is 16.0. The molecule has 0 atom stereocenters. The lowest BCUT2D eigenvalue weighted by Gasteiger charge is -2.37. The monoisotopic (exact) mass is 395 g/mol. The molecule has 1 saturated heterocycles. The number of nitrogens with one attached hydrogen (secondary N) is 2. The molecule has 2 N–H and O–H groups in total. The summed E-state index contributed by atoms with van der Waals surface area (Å²) in [6.45, 7) is 2.26. The Balaban J connectivity index is 1.94. The lowest BCUT2D eigenvalue weighted by atomic mass is 10.0. The van der Waals surface area contributed by atoms with Gasteiger partial charge >= 0.3 is 12.2 Å². The molecule has 0 unspecified atom stereocenters. The Labute approximate surface area is 149 Å². The van der Waals surface area contributed by atoms with Gasteiger partial charge in [0.15, 0.2) is 0 Å². The van der Waals surface area contributed by atoms with E-state index in [1.165, 1.54) is 10.4 Å². The summed E-state index contributed by atoms with van der Waals surface area (Å²) in [6.07, 6.45) is -4.70. The minimum absolute atomic E-state index is 0.00366. The minimum Gasteiger partial charge on any atom is -0.496 e. The van der Waals surface area contributed by atoms with Gasteiger partial charge in [0.25, 0.3) is 0 Å². The van der Waals surface area contributed by atoms with Crippen molar-refractivity contribution in [3.05, 3.63) is 23.8 Å². The van der Waals surface area contributed by atoms with Crippen molar-refractivity contribution in [1.29, 1.82) is 0 Å². The second-order valence-corrected chi connectivity index (χ2v) is 8.06. The number of ether oxygens (including phenoxy) is 1. The van der Waals surface area contributed by atoms with Gasteiger partial charge in [0, 0.05) is 25.6 Å². The van der Waals surface area contributed by atoms with Crippen molar-refractivity contribution in [2.24, 2.45) is 5.92 Å². The first-order valence-corrected chi connectivity index (χ1v) is 9.46. The van der Waals surface area contributed by atoms with Crippen molar-refractivity contribution >= 4 is 21.7 Å². The fourth-order valence-electron chi connectivity index (χ4n) is 2.56. The van der Waals surface area contributed by atoms with Crippen molar-refractivity contribution in [3.63, 3.8) is 0 Å². The van der Waals surface area contributed by atoms with Gasteiger partial charge in [0.1, 0.15) is 11.3 Å². The number of urea groups is 1. The Bertz CT molecular complexity index is 762. The summed E-state index contributed by atoms with van der Waals surface area (Å²) in [4.78, 5) is 11.9. The number of hydrogen-bond donors (Lipinski definition) is 2. The highest BCUT2D eigenvalue weighted by molar-refractivity contribution is 7.89. The molecule has 2 amide bonds. The van der Waals surface area contributed by atoms with E-state index in [9.17, 15) is 26.4 Å². The molecule has 0 saturated carbocycles. The van der Waals surface area contributed by atoms with Gasteiger partial charge in [-0.3, -0.25) is 0 Å². The molecule has 1 aliphatic heterocycles. The number of sulfonamides is 1. The van der Waals surface area contributed by atoms with Gasteiger partial charge in [-0.2, -0.15) is 13.2 Å². The highest BCUT2D eigenvalue weighted by Crippen LogP contribution is 2.41. The summed E-state index contributed by atoms with van der Waals surface area (Å²) in [5.41, 5.74) is -1.49. The minimum atomic E-state index is -4.70. The molecule has 7 nitrogen and oxygen atoms in total. The standard InChI is InChI=1S/C15H20F3N3O4S/c1-3-26(23,24)21-8-10(9-21)7-19-14(22)20-11-5-4-6-12(25-2)13(11)15(16,17)18/h4-6,10H,3,7-9H2,1-2H3,(H2,19,20,22). The molecule has 2 rings (SSSR count). The van der Waals surface area contributed by atoms with Crippen LogP contribution in [-0.2, 0) is 16.2 Å². The number of alkyl halides is 3. The summed E-state index contributed by atoms with van der Waals surface area (Å²) in [5, 5.41) is 4.63. The maximum absolute atomic E-state index is 13.2. The molecule has 146 valence electrons. The van der Waals surface area contributed by atoms with Gasteiger partial charge in [-0.15, -0.1) is 0 Å². The third kappa shape index (κ3) is 4.58. The second-order valence-electron chi connectivity index (χ2n) is 5.80. The molecule has 1 heterocycles. The predicted octanol–water partition coefficient (Wildman–Crippen LogP) is 2.12. The van der Waals surface area contributed by atoms with Crippen LogP contribution in [0.2, 0.25) is 0 Å². The van der Waals surface area contributed by atoms with Crippen molar-refractivity contribution < 1.29 is 31.1 Å². The van der Waals surface area contributed by atoms with E-state index in [1.807, 2.05) is 0 Å². The van der Waals surface area contributed by atoms with Gasteiger partial charge < -0.3 is 15.4 Å². The Morgan fingerprint density at radius 1 is 1.35 bits per heavy atom. The summed E-state index contributed by atoms with van der Waals surface area (Å²) in [7, 11) is -2.13. The average molecular weight is 395 g/mol. The number of methoxy groups -OCH3 is 1. The van der Waals surface area contributed by atoms with Crippen LogP contribution in [-0.4, -0.2) is 51.3 Å². The summed E-state index contributed by atoms with van der Waals surface area (Å²) >= 11 is 0. The van der Waals surface area contributed by atoms with E-state index in [-0.39, 0.29) is 31.3 Å². The van der Waals surface area contributed by atoms with Crippen LogP contribution >= 0.6 is 0 Å². The lowest BCUT2D eigenvalue weighted by molar-refractivity contribution is -0.138. The molecule has 1 fully saturated rings. The predicted molar refractivity (Wildman–Crippen MR) is 89.5 cm³/mol. The zero-order valence-electron chi connectivity index (χ0n) is 14.3. The van der Waals surface area contributed by atoms with Crippen molar-refractivity contribution in [2.45, 2.75) is 13.1 Å². The first-order chi connectivity index (χ1) is 12.1. The molecular formula is C15H20F3N3O4S. The first kappa shape index (κ1) is 20.3. The molecule has 1 aromatic carbocycles. The topological polar surface area (TPSA) is 87.7 Å². The Hall–Kier alpha value is -2.01. The second kappa shape index (κ2) is 7.70. The number of carbonyl (C=O) groups is 1. The molecule has 0 bridgehead atoms. The van der Waals surface area contributed by atoms with E-state index in [0.29, 0.717) is 0 Å². The molecule has 0 spiro atoms. The largest absolute Gasteiger partial charge is 0.496 e. The van der Waals surface area contributed by atoms with Gasteiger partial charge in [-0.1, -0.05) is 6.07 Å². The number of nitrogens with zero attached hydrogens (tertiary/aromatic N) is 1. The number of carbonyl (C=O) groups excluding carboxylic acids is 1. The van der Waals surface area contributed by atoms with E-state index in [0.717, 1.165) is 19.2 Å². The number of hydrogen-bond acceptors (Lipinski definition) is 4. The highest BCUT2D eigenvalue weighted by Gasteiger charge is 2.38. The van der Waals surface area contributed by atoms with E-state index in [4.69, 9.17) is 4.74 Å². The van der Waals surface area contributed by atoms with Crippen LogP contribution in [0.1, 0.15) is 12.5 Å². The maximum Gasteiger partial charge on any atom is 0.421 e. The summed E-state index contributed by atoms with van der Waals surface area (Å²) in [5.74, 6) is -0.465. The number of benzene rings is 1. The van der Waals surface area contributed by atoms with Crippen molar-refractivity contribution in [3.8, 4) is 5.75 Å². The van der Waals surface area contributed by atoms with Crippen LogP contribution in [0.3, 0.4) is 0 Å². The average Bonchev–Trinajstić information content (AvgIpc) is 2.51. The molecule has 1 aliphatic rings. The van der Waals surface area contributed by atoms with Crippen LogP contribution in [0.4, 0.5) is 23.7 Å². The summed E-state index contributed by atoms with van der Waals surface area (Å²) < 4.78 is 68.8. The van der Waals surface area contributed by atoms with Crippen LogP contribution in [0, 0.1) is 5.92 Å². The van der Waals surface area contributed by atoms with Crippen LogP contribution in [0.25, 0.3) is 0 Å². The van der Waals surface area contributed by atoms with E-state index in [2.05, 4.69) is 10.6 Å². The summed E-state index contributed by atoms with van der Waals surface area (Å²) in [6, 6.07) is 2.82. The zero-order valence-corrected chi connectivity index (χ0v) is 15.1. The van der Waals surface area contributed by atoms with E-state index < -0.39 is 39.2 Å². The Morgan fingerprint density at radius 2 is 2.00 bits per heavy atom. The quantitative estimate of drug-likeness (QED) is 0.772. The third-order valence-electron chi connectivity index (χ3n) is 4.01. The highest BCUT2D eigenvalue weighted by atomic mass is 32.2. The van der Waals surface area contributed by atoms with Crippen LogP contribution in [0.15, 0.2) is 18.2 Å². The number of rotatable bonds is 6. The lowest BCUT2D eigenvalue weighted by Crippen LogP contribution is -2.54. The SMILES string of the molecule is CCS(=O)(=O)N1CC(CNC(=O)Nc2cccc(OC)c2C(F)(F)F)C1. The molecule has 0 aliphatic carbocycles. The zero-order chi connectivity index (χ0) is 19.5. The van der Waals surface area contributed by atoms with Gasteiger partial charge in [0.05, 0.1) is 18.6 Å². The number of amides is 2. The molecule has 0 aromatic heterocycles. The molecule has 0 radical (unpaired) electrons. The van der Waals surface area contributed by atoms with E-state index >= 15 is 0 Å². The first-order valence-electron chi connectivity index (χ1n) is 7.85. The molecule has 11 heteroatoms. The fraction of sp³-hybridized carbons (Fsp3) is 0.533.